The van der Waals surface area contributed by atoms with Crippen LogP contribution in [0.5, 0.6) is 0 Å². The number of benzene rings is 1. The number of anilines is 2. The number of halogens is 1. The van der Waals surface area contributed by atoms with Crippen LogP contribution in [0, 0.1) is 6.92 Å². The maximum atomic E-state index is 12.1. The van der Waals surface area contributed by atoms with Crippen molar-refractivity contribution in [3.63, 3.8) is 0 Å². The van der Waals surface area contributed by atoms with E-state index in [4.69, 9.17) is 11.6 Å². The average molecular weight is 319 g/mol. The third-order valence-electron chi connectivity index (χ3n) is 2.80. The molecule has 5 nitrogen and oxygen atoms in total. The molecule has 1 amide bonds. The van der Waals surface area contributed by atoms with E-state index in [1.165, 1.54) is 0 Å². The molecule has 2 aromatic rings. The number of rotatable bonds is 3. The Hall–Kier alpha value is -2.14. The fourth-order valence-electron chi connectivity index (χ4n) is 1.75. The van der Waals surface area contributed by atoms with E-state index in [-0.39, 0.29) is 11.4 Å². The minimum Gasteiger partial charge on any atom is -0.346 e. The Morgan fingerprint density at radius 2 is 1.95 bits per heavy atom. The highest BCUT2D eigenvalue weighted by molar-refractivity contribution is 6.31. The van der Waals surface area contributed by atoms with Crippen LogP contribution < -0.4 is 10.6 Å². The largest absolute Gasteiger partial charge is 0.346 e. The van der Waals surface area contributed by atoms with Gasteiger partial charge in [0.2, 0.25) is 5.95 Å². The molecule has 22 heavy (non-hydrogen) atoms. The highest BCUT2D eigenvalue weighted by Crippen LogP contribution is 2.21. The summed E-state index contributed by atoms with van der Waals surface area (Å²) >= 11 is 6.09. The van der Waals surface area contributed by atoms with Crippen molar-refractivity contribution in [3.8, 4) is 0 Å². The van der Waals surface area contributed by atoms with Crippen LogP contribution in [0.3, 0.4) is 0 Å². The molecule has 1 aromatic carbocycles. The van der Waals surface area contributed by atoms with E-state index < -0.39 is 0 Å². The Bertz CT molecular complexity index is 695. The minimum absolute atomic E-state index is 0.236. The van der Waals surface area contributed by atoms with Crippen molar-refractivity contribution in [2.75, 3.05) is 5.32 Å². The minimum atomic E-state index is -0.319. The molecule has 0 atom stereocenters. The number of carbonyl (C=O) groups excluding carboxylic acids is 1. The van der Waals surface area contributed by atoms with Crippen LogP contribution in [-0.4, -0.2) is 21.4 Å². The quantitative estimate of drug-likeness (QED) is 0.905. The monoisotopic (exact) mass is 318 g/mol. The zero-order valence-electron chi connectivity index (χ0n) is 13.1. The second kappa shape index (κ2) is 6.32. The second-order valence-electron chi connectivity index (χ2n) is 6.06. The lowest BCUT2D eigenvalue weighted by Crippen LogP contribution is -2.41. The molecule has 0 aliphatic carbocycles. The smallest absolute Gasteiger partial charge is 0.270 e. The molecule has 0 fully saturated rings. The summed E-state index contributed by atoms with van der Waals surface area (Å²) in [6.45, 7) is 7.68. The van der Waals surface area contributed by atoms with Gasteiger partial charge in [-0.1, -0.05) is 17.7 Å². The van der Waals surface area contributed by atoms with Gasteiger partial charge in [0.1, 0.15) is 5.69 Å². The van der Waals surface area contributed by atoms with Gasteiger partial charge in [-0.2, -0.15) is 0 Å². The summed E-state index contributed by atoms with van der Waals surface area (Å²) in [5.41, 5.74) is 1.75. The summed E-state index contributed by atoms with van der Waals surface area (Å²) in [7, 11) is 0. The van der Waals surface area contributed by atoms with Gasteiger partial charge in [0.25, 0.3) is 5.91 Å². The summed E-state index contributed by atoms with van der Waals surface area (Å²) in [5, 5.41) is 6.57. The summed E-state index contributed by atoms with van der Waals surface area (Å²) in [6.07, 6.45) is 1.54. The lowest BCUT2D eigenvalue weighted by molar-refractivity contribution is 0.0914. The number of aryl methyl sites for hydroxylation is 1. The zero-order valence-corrected chi connectivity index (χ0v) is 13.8. The van der Waals surface area contributed by atoms with E-state index in [1.807, 2.05) is 39.8 Å². The van der Waals surface area contributed by atoms with Crippen molar-refractivity contribution in [3.05, 3.63) is 46.7 Å². The molecule has 0 saturated heterocycles. The molecule has 1 heterocycles. The highest BCUT2D eigenvalue weighted by atomic mass is 35.5. The van der Waals surface area contributed by atoms with Gasteiger partial charge >= 0.3 is 0 Å². The predicted molar refractivity (Wildman–Crippen MR) is 88.7 cm³/mol. The van der Waals surface area contributed by atoms with Crippen molar-refractivity contribution in [2.24, 2.45) is 0 Å². The maximum Gasteiger partial charge on any atom is 0.270 e. The molecule has 0 saturated carbocycles. The normalized spacial score (nSPS) is 11.1. The maximum absolute atomic E-state index is 12.1. The SMILES string of the molecule is Cc1ccc(Nc2nccc(C(=O)NC(C)(C)C)n2)cc1Cl. The summed E-state index contributed by atoms with van der Waals surface area (Å²) in [6, 6.07) is 7.16. The van der Waals surface area contributed by atoms with Crippen molar-refractivity contribution < 1.29 is 4.79 Å². The van der Waals surface area contributed by atoms with Gasteiger partial charge in [-0.25, -0.2) is 9.97 Å². The molecular formula is C16H19ClN4O. The Kier molecular flexibility index (Phi) is 4.66. The number of carbonyl (C=O) groups is 1. The standard InChI is InChI=1S/C16H19ClN4O/c1-10-5-6-11(9-12(10)17)19-15-18-8-7-13(20-15)14(22)21-16(2,3)4/h5-9H,1-4H3,(H,21,22)(H,18,19,20). The van der Waals surface area contributed by atoms with Crippen LogP contribution in [-0.2, 0) is 0 Å². The van der Waals surface area contributed by atoms with E-state index in [1.54, 1.807) is 18.3 Å². The van der Waals surface area contributed by atoms with Crippen molar-refractivity contribution in [2.45, 2.75) is 33.2 Å². The zero-order chi connectivity index (χ0) is 16.3. The molecule has 0 unspecified atom stereocenters. The molecule has 0 aliphatic rings. The number of amides is 1. The number of aromatic nitrogens is 2. The lowest BCUT2D eigenvalue weighted by Gasteiger charge is -2.20. The molecular weight excluding hydrogens is 300 g/mol. The van der Waals surface area contributed by atoms with Gasteiger partial charge in [0.15, 0.2) is 0 Å². The number of nitrogens with one attached hydrogen (secondary N) is 2. The first kappa shape index (κ1) is 16.2. The third-order valence-corrected chi connectivity index (χ3v) is 3.21. The van der Waals surface area contributed by atoms with Crippen LogP contribution in [0.4, 0.5) is 11.6 Å². The van der Waals surface area contributed by atoms with Crippen molar-refractivity contribution in [1.82, 2.24) is 15.3 Å². The van der Waals surface area contributed by atoms with E-state index in [2.05, 4.69) is 20.6 Å². The fraction of sp³-hybridized carbons (Fsp3) is 0.312. The predicted octanol–water partition coefficient (Wildman–Crippen LogP) is 3.71. The Labute approximate surface area is 135 Å². The topological polar surface area (TPSA) is 66.9 Å². The van der Waals surface area contributed by atoms with Crippen LogP contribution in [0.25, 0.3) is 0 Å². The van der Waals surface area contributed by atoms with Crippen LogP contribution in [0.2, 0.25) is 5.02 Å². The average Bonchev–Trinajstić information content (AvgIpc) is 2.41. The van der Waals surface area contributed by atoms with Gasteiger partial charge in [-0.3, -0.25) is 4.79 Å². The number of nitrogens with zero attached hydrogens (tertiary/aromatic N) is 2. The Morgan fingerprint density at radius 1 is 1.23 bits per heavy atom. The third kappa shape index (κ3) is 4.43. The molecule has 6 heteroatoms. The van der Waals surface area contributed by atoms with Crippen molar-refractivity contribution in [1.29, 1.82) is 0 Å². The Balaban J connectivity index is 2.17. The summed E-state index contributed by atoms with van der Waals surface area (Å²) in [4.78, 5) is 20.5. The highest BCUT2D eigenvalue weighted by Gasteiger charge is 2.16. The molecule has 0 spiro atoms. The van der Waals surface area contributed by atoms with Crippen molar-refractivity contribution >= 4 is 29.1 Å². The van der Waals surface area contributed by atoms with Crippen LogP contribution in [0.1, 0.15) is 36.8 Å². The van der Waals surface area contributed by atoms with E-state index >= 15 is 0 Å². The molecule has 2 N–H and O–H groups in total. The van der Waals surface area contributed by atoms with Crippen LogP contribution in [0.15, 0.2) is 30.5 Å². The summed E-state index contributed by atoms with van der Waals surface area (Å²) in [5.74, 6) is 0.112. The van der Waals surface area contributed by atoms with E-state index in [0.717, 1.165) is 11.3 Å². The van der Waals surface area contributed by atoms with Gasteiger partial charge < -0.3 is 10.6 Å². The molecule has 2 rings (SSSR count). The van der Waals surface area contributed by atoms with Gasteiger partial charge in [-0.05, 0) is 51.5 Å². The van der Waals surface area contributed by atoms with Gasteiger partial charge in [-0.15, -0.1) is 0 Å². The number of hydrogen-bond donors (Lipinski definition) is 2. The molecule has 0 bridgehead atoms. The Morgan fingerprint density at radius 3 is 2.59 bits per heavy atom. The van der Waals surface area contributed by atoms with Crippen LogP contribution >= 0.6 is 11.6 Å². The molecule has 1 aromatic heterocycles. The molecule has 0 aliphatic heterocycles. The summed E-state index contributed by atoms with van der Waals surface area (Å²) < 4.78 is 0. The van der Waals surface area contributed by atoms with Gasteiger partial charge in [0.05, 0.1) is 0 Å². The number of hydrogen-bond acceptors (Lipinski definition) is 4. The lowest BCUT2D eigenvalue weighted by atomic mass is 10.1. The van der Waals surface area contributed by atoms with E-state index in [9.17, 15) is 4.79 Å². The van der Waals surface area contributed by atoms with Gasteiger partial charge in [0, 0.05) is 22.4 Å². The molecule has 0 radical (unpaired) electrons. The first-order chi connectivity index (χ1) is 10.2. The van der Waals surface area contributed by atoms with E-state index in [0.29, 0.717) is 16.7 Å². The fourth-order valence-corrected chi connectivity index (χ4v) is 1.93. The first-order valence-electron chi connectivity index (χ1n) is 6.93. The molecule has 116 valence electrons. The second-order valence-corrected chi connectivity index (χ2v) is 6.47. The first-order valence-corrected chi connectivity index (χ1v) is 7.31.